The predicted molar refractivity (Wildman–Crippen MR) is 90.5 cm³/mol. The van der Waals surface area contributed by atoms with Crippen LogP contribution in [0.1, 0.15) is 78.6 Å². The van der Waals surface area contributed by atoms with Crippen LogP contribution in [0.5, 0.6) is 0 Å². The Balaban J connectivity index is 2.13. The van der Waals surface area contributed by atoms with Crippen molar-refractivity contribution in [2.45, 2.75) is 90.7 Å². The second-order valence-electron chi connectivity index (χ2n) is 6.85. The van der Waals surface area contributed by atoms with Gasteiger partial charge in [-0.2, -0.15) is 0 Å². The summed E-state index contributed by atoms with van der Waals surface area (Å²) in [5, 5.41) is 9.09. The fourth-order valence-electron chi connectivity index (χ4n) is 3.13. The molecule has 0 aromatic rings. The third-order valence-corrected chi connectivity index (χ3v) is 4.64. The summed E-state index contributed by atoms with van der Waals surface area (Å²) in [4.78, 5) is 24.1. The molecule has 1 rings (SSSR count). The first-order chi connectivity index (χ1) is 11.0. The lowest BCUT2D eigenvalue weighted by Crippen LogP contribution is -2.44. The summed E-state index contributed by atoms with van der Waals surface area (Å²) in [6, 6.07) is 0.0209. The van der Waals surface area contributed by atoms with Gasteiger partial charge >= 0.3 is 12.1 Å². The van der Waals surface area contributed by atoms with Gasteiger partial charge in [0.05, 0.1) is 5.92 Å². The zero-order valence-electron chi connectivity index (χ0n) is 14.9. The van der Waals surface area contributed by atoms with Gasteiger partial charge in [-0.05, 0) is 39.5 Å². The number of hydrogen-bond acceptors (Lipinski definition) is 3. The summed E-state index contributed by atoms with van der Waals surface area (Å²) >= 11 is 0. The number of amides is 1. The second kappa shape index (κ2) is 10.5. The van der Waals surface area contributed by atoms with Gasteiger partial charge in [0, 0.05) is 12.6 Å². The molecule has 0 saturated carbocycles. The van der Waals surface area contributed by atoms with E-state index in [1.165, 1.54) is 24.2 Å². The lowest BCUT2D eigenvalue weighted by Gasteiger charge is -2.35. The smallest absolute Gasteiger partial charge is 0.407 e. The molecule has 1 N–H and O–H groups in total. The van der Waals surface area contributed by atoms with Gasteiger partial charge in [0.2, 0.25) is 0 Å². The first-order valence-corrected chi connectivity index (χ1v) is 9.17. The maximum Gasteiger partial charge on any atom is 0.407 e. The topological polar surface area (TPSA) is 66.8 Å². The lowest BCUT2D eigenvalue weighted by molar-refractivity contribution is -0.186. The summed E-state index contributed by atoms with van der Waals surface area (Å²) < 4.78 is 5.27. The first kappa shape index (κ1) is 19.8. The van der Waals surface area contributed by atoms with Crippen LogP contribution in [0.3, 0.4) is 0 Å². The number of unbranched alkanes of at least 4 members (excludes halogenated alkanes) is 5. The van der Waals surface area contributed by atoms with E-state index in [0.29, 0.717) is 6.54 Å². The molecule has 5 heteroatoms. The Labute approximate surface area is 140 Å². The number of carbonyl (C=O) groups excluding carboxylic acids is 1. The number of hydrogen-bond donors (Lipinski definition) is 1. The van der Waals surface area contributed by atoms with Gasteiger partial charge < -0.3 is 14.7 Å². The van der Waals surface area contributed by atoms with Crippen molar-refractivity contribution in [1.29, 1.82) is 0 Å². The molecule has 0 bridgehead atoms. The van der Waals surface area contributed by atoms with Crippen LogP contribution in [-0.2, 0) is 9.53 Å². The van der Waals surface area contributed by atoms with Crippen LogP contribution in [0.4, 0.5) is 4.79 Å². The average Bonchev–Trinajstić information content (AvgIpc) is 2.48. The normalized spacial score (nSPS) is 20.3. The van der Waals surface area contributed by atoms with Gasteiger partial charge in [-0.3, -0.25) is 4.79 Å². The van der Waals surface area contributed by atoms with Crippen molar-refractivity contribution in [1.82, 2.24) is 4.90 Å². The molecular formula is C18H33NO4. The van der Waals surface area contributed by atoms with Gasteiger partial charge in [-0.1, -0.05) is 39.0 Å². The number of esters is 1. The maximum absolute atomic E-state index is 11.5. The van der Waals surface area contributed by atoms with Gasteiger partial charge in [0.25, 0.3) is 0 Å². The van der Waals surface area contributed by atoms with E-state index in [4.69, 9.17) is 9.84 Å². The Bertz CT molecular complexity index is 370. The number of carboxylic acid groups (broad SMARTS) is 1. The van der Waals surface area contributed by atoms with E-state index in [1.54, 1.807) is 0 Å². The third-order valence-electron chi connectivity index (χ3n) is 4.64. The van der Waals surface area contributed by atoms with Crippen LogP contribution in [0, 0.1) is 5.92 Å². The number of nitrogens with zero attached hydrogens (tertiary/aromatic N) is 1. The standard InChI is InChI=1S/C18H33NO4/c1-4-5-6-8-11-15-16(23-17(15)20)12-9-7-10-13-19(14(2)3)18(21)22/h14-16H,4-13H2,1-3H3,(H,21,22)/t15-,16-/m0/s1. The molecule has 1 aliphatic rings. The summed E-state index contributed by atoms with van der Waals surface area (Å²) in [6.07, 6.45) is 8.74. The number of cyclic esters (lactones) is 1. The van der Waals surface area contributed by atoms with E-state index < -0.39 is 6.09 Å². The number of ether oxygens (including phenoxy) is 1. The van der Waals surface area contributed by atoms with E-state index >= 15 is 0 Å². The highest BCUT2D eigenvalue weighted by atomic mass is 16.6. The van der Waals surface area contributed by atoms with Crippen molar-refractivity contribution in [2.75, 3.05) is 6.54 Å². The van der Waals surface area contributed by atoms with E-state index in [0.717, 1.165) is 38.5 Å². The fourth-order valence-corrected chi connectivity index (χ4v) is 3.13. The van der Waals surface area contributed by atoms with E-state index in [-0.39, 0.29) is 24.0 Å². The fraction of sp³-hybridized carbons (Fsp3) is 0.889. The number of carbonyl (C=O) groups is 2. The third kappa shape index (κ3) is 6.80. The molecule has 5 nitrogen and oxygen atoms in total. The van der Waals surface area contributed by atoms with Crippen molar-refractivity contribution < 1.29 is 19.4 Å². The van der Waals surface area contributed by atoms with E-state index in [9.17, 15) is 9.59 Å². The van der Waals surface area contributed by atoms with Crippen LogP contribution in [0.25, 0.3) is 0 Å². The Morgan fingerprint density at radius 3 is 2.35 bits per heavy atom. The monoisotopic (exact) mass is 327 g/mol. The molecular weight excluding hydrogens is 294 g/mol. The van der Waals surface area contributed by atoms with Crippen LogP contribution >= 0.6 is 0 Å². The minimum absolute atomic E-state index is 0.0209. The highest BCUT2D eigenvalue weighted by Gasteiger charge is 2.40. The number of rotatable bonds is 12. The molecule has 23 heavy (non-hydrogen) atoms. The minimum Gasteiger partial charge on any atom is -0.465 e. The average molecular weight is 327 g/mol. The van der Waals surface area contributed by atoms with Gasteiger partial charge in [-0.15, -0.1) is 0 Å². The minimum atomic E-state index is -0.847. The SMILES string of the molecule is CCCCCC[C@@H]1C(=O)O[C@H]1CCCCCN(C(=O)O)C(C)C. The highest BCUT2D eigenvalue weighted by Crippen LogP contribution is 2.31. The molecule has 134 valence electrons. The predicted octanol–water partition coefficient (Wildman–Crippen LogP) is 4.45. The molecule has 0 unspecified atom stereocenters. The summed E-state index contributed by atoms with van der Waals surface area (Å²) in [5.41, 5.74) is 0. The first-order valence-electron chi connectivity index (χ1n) is 9.17. The summed E-state index contributed by atoms with van der Waals surface area (Å²) in [7, 11) is 0. The molecule has 0 aliphatic carbocycles. The van der Waals surface area contributed by atoms with Crippen LogP contribution in [0.15, 0.2) is 0 Å². The van der Waals surface area contributed by atoms with Crippen LogP contribution in [0.2, 0.25) is 0 Å². The quantitative estimate of drug-likeness (QED) is 0.425. The van der Waals surface area contributed by atoms with Crippen molar-refractivity contribution in [2.24, 2.45) is 5.92 Å². The Morgan fingerprint density at radius 2 is 1.78 bits per heavy atom. The van der Waals surface area contributed by atoms with Crippen molar-refractivity contribution in [3.05, 3.63) is 0 Å². The molecule has 1 aliphatic heterocycles. The van der Waals surface area contributed by atoms with E-state index in [2.05, 4.69) is 6.92 Å². The largest absolute Gasteiger partial charge is 0.465 e. The van der Waals surface area contributed by atoms with E-state index in [1.807, 2.05) is 13.8 Å². The van der Waals surface area contributed by atoms with Crippen molar-refractivity contribution in [3.63, 3.8) is 0 Å². The molecule has 0 spiro atoms. The van der Waals surface area contributed by atoms with Crippen molar-refractivity contribution >= 4 is 12.1 Å². The molecule has 0 radical (unpaired) electrons. The zero-order chi connectivity index (χ0) is 17.2. The molecule has 0 aromatic carbocycles. The molecule has 1 amide bonds. The Morgan fingerprint density at radius 1 is 1.13 bits per heavy atom. The lowest BCUT2D eigenvalue weighted by atomic mass is 9.87. The molecule has 2 atom stereocenters. The zero-order valence-corrected chi connectivity index (χ0v) is 14.9. The van der Waals surface area contributed by atoms with Gasteiger partial charge in [-0.25, -0.2) is 4.79 Å². The molecule has 1 fully saturated rings. The Hall–Kier alpha value is -1.26. The highest BCUT2D eigenvalue weighted by molar-refractivity contribution is 5.78. The van der Waals surface area contributed by atoms with Gasteiger partial charge in [0.15, 0.2) is 0 Å². The molecule has 1 saturated heterocycles. The molecule has 0 aromatic heterocycles. The van der Waals surface area contributed by atoms with Crippen LogP contribution < -0.4 is 0 Å². The Kier molecular flexibility index (Phi) is 9.03. The van der Waals surface area contributed by atoms with Crippen LogP contribution in [-0.4, -0.2) is 40.8 Å². The summed E-state index contributed by atoms with van der Waals surface area (Å²) in [6.45, 7) is 6.55. The second-order valence-corrected chi connectivity index (χ2v) is 6.85. The maximum atomic E-state index is 11.5. The van der Waals surface area contributed by atoms with Gasteiger partial charge in [0.1, 0.15) is 6.10 Å². The molecule has 1 heterocycles. The summed E-state index contributed by atoms with van der Waals surface area (Å²) in [5.74, 6) is 0.0846. The van der Waals surface area contributed by atoms with Crippen molar-refractivity contribution in [3.8, 4) is 0 Å².